The van der Waals surface area contributed by atoms with E-state index >= 15 is 0 Å². The number of fused-ring (bicyclic) bond motifs is 1. The van der Waals surface area contributed by atoms with E-state index in [1.807, 2.05) is 5.32 Å². The Bertz CT molecular complexity index is 1140. The molecular formula is C20H16F6N4O4. The van der Waals surface area contributed by atoms with Gasteiger partial charge in [0.2, 0.25) is 6.10 Å². The Labute approximate surface area is 187 Å². The van der Waals surface area contributed by atoms with Crippen LogP contribution in [-0.2, 0) is 25.9 Å². The van der Waals surface area contributed by atoms with Crippen molar-refractivity contribution in [3.8, 4) is 11.3 Å². The summed E-state index contributed by atoms with van der Waals surface area (Å²) in [5.41, 5.74) is -4.73. The number of anilines is 1. The number of nitrogens with one attached hydrogen (secondary N) is 2. The number of cyclic esters (lactones) is 1. The van der Waals surface area contributed by atoms with Crippen molar-refractivity contribution >= 4 is 17.9 Å². The molecule has 2 N–H and O–H groups in total. The van der Waals surface area contributed by atoms with Crippen LogP contribution in [0.25, 0.3) is 11.3 Å². The summed E-state index contributed by atoms with van der Waals surface area (Å²) < 4.78 is 91.6. The van der Waals surface area contributed by atoms with Crippen LogP contribution >= 0.6 is 0 Å². The minimum atomic E-state index is -5.09. The van der Waals surface area contributed by atoms with Crippen LogP contribution in [0.1, 0.15) is 29.3 Å². The van der Waals surface area contributed by atoms with Crippen LogP contribution in [0.15, 0.2) is 24.4 Å². The van der Waals surface area contributed by atoms with Crippen molar-refractivity contribution in [1.82, 2.24) is 15.3 Å². The van der Waals surface area contributed by atoms with Gasteiger partial charge in [-0.25, -0.2) is 9.78 Å². The standard InChI is InChI=1S/C20H16F6N4O4/c1-33-16(31)18(3-5-27-8-18)12-7-9(19(21,22)23)6-11(29-12)10-2-4-28-15-13(10)14(20(24,25)26)34-17(32)30-15/h2,4,6-7,14,27H,3,5,8H2,1H3,(H,28,30,32)/t14-,18?/m1/s1. The zero-order valence-electron chi connectivity index (χ0n) is 17.3. The van der Waals surface area contributed by atoms with Crippen LogP contribution in [0.4, 0.5) is 37.0 Å². The monoisotopic (exact) mass is 490 g/mol. The van der Waals surface area contributed by atoms with Crippen LogP contribution in [0.2, 0.25) is 0 Å². The first-order chi connectivity index (χ1) is 15.9. The highest BCUT2D eigenvalue weighted by atomic mass is 19.4. The van der Waals surface area contributed by atoms with Gasteiger partial charge in [0.25, 0.3) is 0 Å². The molecule has 34 heavy (non-hydrogen) atoms. The molecule has 0 saturated carbocycles. The zero-order valence-corrected chi connectivity index (χ0v) is 17.3. The summed E-state index contributed by atoms with van der Waals surface area (Å²) in [5, 5.41) is 4.89. The maximum absolute atomic E-state index is 13.8. The average Bonchev–Trinajstić information content (AvgIpc) is 3.27. The van der Waals surface area contributed by atoms with Crippen molar-refractivity contribution in [3.05, 3.63) is 41.2 Å². The molecule has 4 rings (SSSR count). The largest absolute Gasteiger partial charge is 0.468 e. The van der Waals surface area contributed by atoms with Crippen LogP contribution in [0.5, 0.6) is 0 Å². The van der Waals surface area contributed by atoms with E-state index in [4.69, 9.17) is 4.74 Å². The highest BCUT2D eigenvalue weighted by molar-refractivity contribution is 5.89. The second-order valence-corrected chi connectivity index (χ2v) is 7.70. The molecule has 2 aromatic heterocycles. The molecule has 0 radical (unpaired) electrons. The molecule has 0 aliphatic carbocycles. The number of aromatic nitrogens is 2. The van der Waals surface area contributed by atoms with Crippen molar-refractivity contribution in [2.75, 3.05) is 25.5 Å². The summed E-state index contributed by atoms with van der Waals surface area (Å²) in [6.45, 7) is 0.204. The molecule has 14 heteroatoms. The van der Waals surface area contributed by atoms with E-state index in [2.05, 4.69) is 20.0 Å². The van der Waals surface area contributed by atoms with E-state index in [0.29, 0.717) is 12.1 Å². The number of hydrogen-bond donors (Lipinski definition) is 2. The molecule has 2 atom stereocenters. The maximum Gasteiger partial charge on any atom is 0.430 e. The lowest BCUT2D eigenvalue weighted by atomic mass is 9.82. The number of rotatable bonds is 3. The van der Waals surface area contributed by atoms with Crippen LogP contribution in [0, 0.1) is 0 Å². The van der Waals surface area contributed by atoms with E-state index in [-0.39, 0.29) is 25.2 Å². The SMILES string of the molecule is COC(=O)C1(c2cc(C(F)(F)F)cc(-c3ccnc4c3[C@H](C(F)(F)F)OC(=O)N4)n2)CCNC1. The summed E-state index contributed by atoms with van der Waals surface area (Å²) >= 11 is 0. The van der Waals surface area contributed by atoms with E-state index in [1.165, 1.54) is 0 Å². The molecule has 4 heterocycles. The summed E-state index contributed by atoms with van der Waals surface area (Å²) in [4.78, 5) is 32.1. The van der Waals surface area contributed by atoms with Gasteiger partial charge in [0.1, 0.15) is 11.2 Å². The van der Waals surface area contributed by atoms with Gasteiger partial charge in [-0.05, 0) is 31.2 Å². The minimum absolute atomic E-state index is 0.0617. The normalized spacial score (nSPS) is 22.6. The van der Waals surface area contributed by atoms with E-state index in [9.17, 15) is 35.9 Å². The van der Waals surface area contributed by atoms with Gasteiger partial charge in [-0.2, -0.15) is 26.3 Å². The third kappa shape index (κ3) is 4.02. The van der Waals surface area contributed by atoms with E-state index < -0.39 is 64.1 Å². The molecule has 2 aromatic rings. The average molecular weight is 490 g/mol. The lowest BCUT2D eigenvalue weighted by Gasteiger charge is -2.29. The van der Waals surface area contributed by atoms with Crippen molar-refractivity contribution in [2.24, 2.45) is 0 Å². The molecule has 1 unspecified atom stereocenters. The van der Waals surface area contributed by atoms with Crippen molar-refractivity contribution in [3.63, 3.8) is 0 Å². The number of methoxy groups -OCH3 is 1. The fourth-order valence-corrected chi connectivity index (χ4v) is 4.05. The number of esters is 1. The molecular weight excluding hydrogens is 474 g/mol. The number of carbonyl (C=O) groups excluding carboxylic acids is 2. The predicted octanol–water partition coefficient (Wildman–Crippen LogP) is 3.73. The third-order valence-corrected chi connectivity index (χ3v) is 5.65. The summed E-state index contributed by atoms with van der Waals surface area (Å²) in [6.07, 6.45) is -13.1. The molecule has 0 aromatic carbocycles. The van der Waals surface area contributed by atoms with Crippen LogP contribution in [-0.4, -0.2) is 48.4 Å². The van der Waals surface area contributed by atoms with Crippen LogP contribution in [0.3, 0.4) is 0 Å². The van der Waals surface area contributed by atoms with Crippen molar-refractivity contribution in [2.45, 2.75) is 30.3 Å². The van der Waals surface area contributed by atoms with Crippen molar-refractivity contribution < 1.29 is 45.4 Å². The van der Waals surface area contributed by atoms with Gasteiger partial charge < -0.3 is 14.8 Å². The van der Waals surface area contributed by atoms with Gasteiger partial charge in [-0.3, -0.25) is 15.1 Å². The molecule has 0 bridgehead atoms. The first kappa shape index (κ1) is 23.7. The summed E-state index contributed by atoms with van der Waals surface area (Å²) in [6, 6.07) is 2.28. The number of nitrogens with zero attached hydrogens (tertiary/aromatic N) is 2. The first-order valence-corrected chi connectivity index (χ1v) is 9.79. The highest BCUT2D eigenvalue weighted by Crippen LogP contribution is 2.46. The quantitative estimate of drug-likeness (QED) is 0.499. The highest BCUT2D eigenvalue weighted by Gasteiger charge is 2.50. The summed E-state index contributed by atoms with van der Waals surface area (Å²) in [7, 11) is 1.07. The van der Waals surface area contributed by atoms with E-state index in [1.54, 1.807) is 0 Å². The van der Waals surface area contributed by atoms with Crippen LogP contribution < -0.4 is 10.6 Å². The Morgan fingerprint density at radius 1 is 1.24 bits per heavy atom. The van der Waals surface area contributed by atoms with Gasteiger partial charge in [-0.15, -0.1) is 0 Å². The van der Waals surface area contributed by atoms with Gasteiger partial charge >= 0.3 is 24.4 Å². The fourth-order valence-electron chi connectivity index (χ4n) is 4.05. The Kier molecular flexibility index (Phi) is 5.66. The zero-order chi connectivity index (χ0) is 24.9. The number of halogens is 6. The predicted molar refractivity (Wildman–Crippen MR) is 103 cm³/mol. The minimum Gasteiger partial charge on any atom is -0.468 e. The number of pyridine rings is 2. The topological polar surface area (TPSA) is 102 Å². The number of hydrogen-bond acceptors (Lipinski definition) is 7. The van der Waals surface area contributed by atoms with E-state index in [0.717, 1.165) is 19.4 Å². The second-order valence-electron chi connectivity index (χ2n) is 7.70. The third-order valence-electron chi connectivity index (χ3n) is 5.65. The molecule has 1 saturated heterocycles. The number of ether oxygens (including phenoxy) is 2. The molecule has 0 spiro atoms. The van der Waals surface area contributed by atoms with Crippen molar-refractivity contribution in [1.29, 1.82) is 0 Å². The Hall–Kier alpha value is -3.42. The fraction of sp³-hybridized carbons (Fsp3) is 0.400. The van der Waals surface area contributed by atoms with Gasteiger partial charge in [0, 0.05) is 18.3 Å². The first-order valence-electron chi connectivity index (χ1n) is 9.79. The van der Waals surface area contributed by atoms with Gasteiger partial charge in [-0.1, -0.05) is 0 Å². The molecule has 8 nitrogen and oxygen atoms in total. The Morgan fingerprint density at radius 3 is 2.56 bits per heavy atom. The molecule has 182 valence electrons. The molecule has 1 amide bonds. The molecule has 1 fully saturated rings. The van der Waals surface area contributed by atoms with Gasteiger partial charge in [0.15, 0.2) is 0 Å². The second kappa shape index (κ2) is 8.11. The number of alkyl halides is 6. The Morgan fingerprint density at radius 2 is 1.97 bits per heavy atom. The summed E-state index contributed by atoms with van der Waals surface area (Å²) in [5.74, 6) is -1.36. The maximum atomic E-state index is 13.8. The van der Waals surface area contributed by atoms with Gasteiger partial charge in [0.05, 0.1) is 29.6 Å². The molecule has 2 aliphatic rings. The lowest BCUT2D eigenvalue weighted by Crippen LogP contribution is -2.40. The number of amides is 1. The lowest BCUT2D eigenvalue weighted by molar-refractivity contribution is -0.206. The molecule has 2 aliphatic heterocycles. The Balaban J connectivity index is 1.99. The smallest absolute Gasteiger partial charge is 0.430 e. The number of carbonyl (C=O) groups is 2.